The van der Waals surface area contributed by atoms with Crippen molar-refractivity contribution >= 4 is 23.1 Å². The molecule has 1 aromatic carbocycles. The minimum atomic E-state index is -0.202. The monoisotopic (exact) mass is 390 g/mol. The molecule has 2 amide bonds. The number of nitrogens with zero attached hydrogens (tertiary/aromatic N) is 3. The van der Waals surface area contributed by atoms with Gasteiger partial charge >= 0.3 is 6.03 Å². The smallest absolute Gasteiger partial charge is 0.317 e. The van der Waals surface area contributed by atoms with E-state index in [1.54, 1.807) is 16.2 Å². The Balaban J connectivity index is 1.37. The first kappa shape index (κ1) is 19.6. The lowest BCUT2D eigenvalue weighted by Gasteiger charge is -2.36. The second kappa shape index (κ2) is 9.19. The summed E-state index contributed by atoms with van der Waals surface area (Å²) in [5.41, 5.74) is 1.06. The molecule has 2 aromatic rings. The van der Waals surface area contributed by atoms with Gasteiger partial charge in [-0.05, 0) is 42.6 Å². The number of hydrogen-bond acceptors (Lipinski definition) is 4. The number of benzene rings is 1. The Kier molecular flexibility index (Phi) is 6.68. The molecule has 2 heterocycles. The molecule has 3 rings (SSSR count). The molecule has 27 heavy (non-hydrogen) atoms. The third kappa shape index (κ3) is 5.20. The van der Waals surface area contributed by atoms with Crippen molar-refractivity contribution in [2.45, 2.75) is 13.0 Å². The van der Waals surface area contributed by atoms with E-state index in [-0.39, 0.29) is 17.9 Å². The number of piperazine rings is 1. The van der Waals surface area contributed by atoms with Gasteiger partial charge in [-0.15, -0.1) is 11.3 Å². The lowest BCUT2D eigenvalue weighted by molar-refractivity contribution is 0.191. The van der Waals surface area contributed by atoms with Crippen LogP contribution >= 0.6 is 11.3 Å². The summed E-state index contributed by atoms with van der Waals surface area (Å²) in [6, 6.07) is 10.8. The molecular weight excluding hydrogens is 363 g/mol. The van der Waals surface area contributed by atoms with Crippen LogP contribution in [0.2, 0.25) is 0 Å². The minimum absolute atomic E-state index is 0.0409. The number of hydrogen-bond donors (Lipinski definition) is 1. The summed E-state index contributed by atoms with van der Waals surface area (Å²) in [4.78, 5) is 19.9. The molecule has 1 aliphatic rings. The average Bonchev–Trinajstić information content (AvgIpc) is 3.23. The second-order valence-electron chi connectivity index (χ2n) is 6.84. The summed E-state index contributed by atoms with van der Waals surface area (Å²) in [5, 5.41) is 5.05. The van der Waals surface area contributed by atoms with Crippen LogP contribution < -0.4 is 10.2 Å². The predicted molar refractivity (Wildman–Crippen MR) is 109 cm³/mol. The Bertz CT molecular complexity index is 714. The molecule has 146 valence electrons. The fourth-order valence-corrected chi connectivity index (χ4v) is 4.05. The Morgan fingerprint density at radius 1 is 1.22 bits per heavy atom. The van der Waals surface area contributed by atoms with Gasteiger partial charge in [0.2, 0.25) is 0 Å². The maximum absolute atomic E-state index is 13.0. The number of urea groups is 1. The summed E-state index contributed by atoms with van der Waals surface area (Å²) < 4.78 is 13.0. The Hall–Kier alpha value is -2.12. The minimum Gasteiger partial charge on any atom is -0.369 e. The molecule has 1 aromatic heterocycles. The average molecular weight is 391 g/mol. The van der Waals surface area contributed by atoms with E-state index >= 15 is 0 Å². The summed E-state index contributed by atoms with van der Waals surface area (Å²) in [6.45, 7) is 7.22. The number of anilines is 1. The highest BCUT2D eigenvalue weighted by molar-refractivity contribution is 7.10. The number of rotatable bonds is 6. The fraction of sp³-hybridized carbons (Fsp3) is 0.450. The van der Waals surface area contributed by atoms with Crippen LogP contribution in [0, 0.1) is 5.82 Å². The molecule has 0 radical (unpaired) electrons. The van der Waals surface area contributed by atoms with E-state index in [0.717, 1.165) is 38.4 Å². The largest absolute Gasteiger partial charge is 0.369 e. The third-order valence-corrected chi connectivity index (χ3v) is 6.17. The van der Waals surface area contributed by atoms with Crippen molar-refractivity contribution in [3.63, 3.8) is 0 Å². The van der Waals surface area contributed by atoms with Crippen LogP contribution in [-0.4, -0.2) is 62.1 Å². The molecule has 1 aliphatic heterocycles. The highest BCUT2D eigenvalue weighted by Crippen LogP contribution is 2.23. The first-order valence-electron chi connectivity index (χ1n) is 9.31. The molecule has 0 aliphatic carbocycles. The number of thiophene rings is 1. The van der Waals surface area contributed by atoms with E-state index in [4.69, 9.17) is 0 Å². The molecule has 1 atom stereocenters. The topological polar surface area (TPSA) is 38.8 Å². The number of carbonyl (C=O) groups excluding carboxylic acids is 1. The van der Waals surface area contributed by atoms with Gasteiger partial charge in [0.15, 0.2) is 0 Å². The molecule has 1 fully saturated rings. The van der Waals surface area contributed by atoms with E-state index in [2.05, 4.69) is 21.2 Å². The standard InChI is InChI=1S/C20H27FN4OS/c1-16(19-4-3-15-27-19)23(2)20(26)22-9-10-24-11-13-25(14-12-24)18-7-5-17(21)6-8-18/h3-8,15-16H,9-14H2,1-2H3,(H,22,26). The van der Waals surface area contributed by atoms with Crippen molar-refractivity contribution in [1.82, 2.24) is 15.1 Å². The number of carbonyl (C=O) groups is 1. The van der Waals surface area contributed by atoms with Gasteiger partial charge in [0.25, 0.3) is 0 Å². The lowest BCUT2D eigenvalue weighted by atomic mass is 10.2. The van der Waals surface area contributed by atoms with Crippen LogP contribution in [0.4, 0.5) is 14.9 Å². The van der Waals surface area contributed by atoms with Crippen LogP contribution in [0.3, 0.4) is 0 Å². The summed E-state index contributed by atoms with van der Waals surface area (Å²) in [7, 11) is 1.83. The summed E-state index contributed by atoms with van der Waals surface area (Å²) in [6.07, 6.45) is 0. The predicted octanol–water partition coefficient (Wildman–Crippen LogP) is 3.41. The maximum atomic E-state index is 13.0. The van der Waals surface area contributed by atoms with Gasteiger partial charge in [0, 0.05) is 56.9 Å². The molecular formula is C20H27FN4OS. The zero-order valence-electron chi connectivity index (χ0n) is 15.9. The molecule has 1 unspecified atom stereocenters. The van der Waals surface area contributed by atoms with Crippen LogP contribution in [0.25, 0.3) is 0 Å². The van der Waals surface area contributed by atoms with Crippen molar-refractivity contribution in [2.75, 3.05) is 51.2 Å². The SMILES string of the molecule is CC(c1cccs1)N(C)C(=O)NCCN1CCN(c2ccc(F)cc2)CC1. The second-order valence-corrected chi connectivity index (χ2v) is 7.82. The van der Waals surface area contributed by atoms with Crippen LogP contribution in [0.1, 0.15) is 17.8 Å². The first-order chi connectivity index (χ1) is 13.0. The van der Waals surface area contributed by atoms with Gasteiger partial charge < -0.3 is 15.1 Å². The molecule has 1 saturated heterocycles. The van der Waals surface area contributed by atoms with Gasteiger partial charge in [-0.1, -0.05) is 6.07 Å². The van der Waals surface area contributed by atoms with Crippen molar-refractivity contribution in [1.29, 1.82) is 0 Å². The summed E-state index contributed by atoms with van der Waals surface area (Å²) in [5.74, 6) is -0.202. The van der Waals surface area contributed by atoms with Gasteiger partial charge in [-0.2, -0.15) is 0 Å². The number of halogens is 1. The molecule has 0 spiro atoms. The molecule has 0 bridgehead atoms. The van der Waals surface area contributed by atoms with Crippen molar-refractivity contribution in [3.8, 4) is 0 Å². The highest BCUT2D eigenvalue weighted by atomic mass is 32.1. The number of amides is 2. The zero-order valence-corrected chi connectivity index (χ0v) is 16.7. The van der Waals surface area contributed by atoms with Crippen molar-refractivity contribution < 1.29 is 9.18 Å². The molecule has 5 nitrogen and oxygen atoms in total. The van der Waals surface area contributed by atoms with Gasteiger partial charge in [0.1, 0.15) is 5.82 Å². The maximum Gasteiger partial charge on any atom is 0.317 e. The van der Waals surface area contributed by atoms with Gasteiger partial charge in [-0.25, -0.2) is 9.18 Å². The van der Waals surface area contributed by atoms with Crippen molar-refractivity contribution in [2.24, 2.45) is 0 Å². The highest BCUT2D eigenvalue weighted by Gasteiger charge is 2.19. The molecule has 0 saturated carbocycles. The number of nitrogens with one attached hydrogen (secondary N) is 1. The van der Waals surface area contributed by atoms with E-state index < -0.39 is 0 Å². The van der Waals surface area contributed by atoms with Gasteiger partial charge in [-0.3, -0.25) is 4.90 Å². The first-order valence-corrected chi connectivity index (χ1v) is 10.2. The molecule has 1 N–H and O–H groups in total. The summed E-state index contributed by atoms with van der Waals surface area (Å²) >= 11 is 1.67. The van der Waals surface area contributed by atoms with Gasteiger partial charge in [0.05, 0.1) is 6.04 Å². The fourth-order valence-electron chi connectivity index (χ4n) is 3.22. The van der Waals surface area contributed by atoms with Crippen molar-refractivity contribution in [3.05, 3.63) is 52.5 Å². The van der Waals surface area contributed by atoms with E-state index in [9.17, 15) is 9.18 Å². The van der Waals surface area contributed by atoms with E-state index in [1.165, 1.54) is 17.0 Å². The zero-order chi connectivity index (χ0) is 19.2. The third-order valence-electron chi connectivity index (χ3n) is 5.12. The van der Waals surface area contributed by atoms with Crippen LogP contribution in [0.5, 0.6) is 0 Å². The Morgan fingerprint density at radius 2 is 1.93 bits per heavy atom. The quantitative estimate of drug-likeness (QED) is 0.822. The van der Waals surface area contributed by atoms with E-state index in [0.29, 0.717) is 6.54 Å². The Labute approximate surface area is 164 Å². The normalized spacial score (nSPS) is 16.2. The Morgan fingerprint density at radius 3 is 2.56 bits per heavy atom. The van der Waals surface area contributed by atoms with Crippen LogP contribution in [0.15, 0.2) is 41.8 Å². The van der Waals surface area contributed by atoms with Crippen LogP contribution in [-0.2, 0) is 0 Å². The molecule has 7 heteroatoms. The lowest BCUT2D eigenvalue weighted by Crippen LogP contribution is -2.49. The van der Waals surface area contributed by atoms with E-state index in [1.807, 2.05) is 37.6 Å².